The van der Waals surface area contributed by atoms with Gasteiger partial charge in [-0.15, -0.1) is 0 Å². The third kappa shape index (κ3) is 4.21. The van der Waals surface area contributed by atoms with Crippen molar-refractivity contribution in [3.8, 4) is 0 Å². The van der Waals surface area contributed by atoms with E-state index in [1.807, 2.05) is 0 Å². The topological polar surface area (TPSA) is 29.5 Å². The van der Waals surface area contributed by atoms with Crippen molar-refractivity contribution in [2.45, 2.75) is 50.5 Å². The molecule has 1 saturated heterocycles. The zero-order valence-electron chi connectivity index (χ0n) is 11.2. The summed E-state index contributed by atoms with van der Waals surface area (Å²) < 4.78 is 42.7. The summed E-state index contributed by atoms with van der Waals surface area (Å²) in [6.45, 7) is 0.812. The van der Waals surface area contributed by atoms with E-state index in [1.54, 1.807) is 0 Å². The minimum absolute atomic E-state index is 0.287. The lowest BCUT2D eigenvalue weighted by atomic mass is 10.0. The highest BCUT2D eigenvalue weighted by Crippen LogP contribution is 2.30. The standard InChI is InChI=1S/C15H19F3O2/c16-15(17,18)12-8-6-11(7-9-12)14(19)5-1-3-13-4-2-10-20-13/h6-9,13-14,19H,1-5,10H2. The van der Waals surface area contributed by atoms with E-state index in [0.29, 0.717) is 12.0 Å². The zero-order valence-corrected chi connectivity index (χ0v) is 11.2. The average molecular weight is 288 g/mol. The molecule has 20 heavy (non-hydrogen) atoms. The number of halogens is 3. The molecule has 0 spiro atoms. The molecule has 5 heteroatoms. The van der Waals surface area contributed by atoms with Gasteiger partial charge < -0.3 is 9.84 Å². The lowest BCUT2D eigenvalue weighted by molar-refractivity contribution is -0.137. The maximum absolute atomic E-state index is 12.4. The Morgan fingerprint density at radius 2 is 1.95 bits per heavy atom. The van der Waals surface area contributed by atoms with Gasteiger partial charge in [-0.25, -0.2) is 0 Å². The van der Waals surface area contributed by atoms with Crippen molar-refractivity contribution >= 4 is 0 Å². The van der Waals surface area contributed by atoms with Crippen LogP contribution in [0.2, 0.25) is 0 Å². The van der Waals surface area contributed by atoms with Gasteiger partial charge in [0.1, 0.15) is 0 Å². The molecule has 0 saturated carbocycles. The second-order valence-electron chi connectivity index (χ2n) is 5.20. The van der Waals surface area contributed by atoms with Crippen LogP contribution < -0.4 is 0 Å². The SMILES string of the molecule is OC(CCCC1CCCO1)c1ccc(C(F)(F)F)cc1. The van der Waals surface area contributed by atoms with E-state index in [1.165, 1.54) is 12.1 Å². The summed E-state index contributed by atoms with van der Waals surface area (Å²) in [7, 11) is 0. The van der Waals surface area contributed by atoms with Crippen molar-refractivity contribution in [2.75, 3.05) is 6.61 Å². The maximum atomic E-state index is 12.4. The van der Waals surface area contributed by atoms with Crippen LogP contribution in [0.15, 0.2) is 24.3 Å². The van der Waals surface area contributed by atoms with Crippen LogP contribution in [0.5, 0.6) is 0 Å². The summed E-state index contributed by atoms with van der Waals surface area (Å²) in [5.41, 5.74) is -0.154. The lowest BCUT2D eigenvalue weighted by Crippen LogP contribution is -2.07. The summed E-state index contributed by atoms with van der Waals surface area (Å²) in [5.74, 6) is 0. The van der Waals surface area contributed by atoms with Crippen molar-refractivity contribution in [3.63, 3.8) is 0 Å². The van der Waals surface area contributed by atoms with E-state index < -0.39 is 17.8 Å². The van der Waals surface area contributed by atoms with Gasteiger partial charge in [-0.3, -0.25) is 0 Å². The van der Waals surface area contributed by atoms with Crippen molar-refractivity contribution in [1.82, 2.24) is 0 Å². The lowest BCUT2D eigenvalue weighted by Gasteiger charge is -2.14. The van der Waals surface area contributed by atoms with E-state index in [9.17, 15) is 18.3 Å². The molecular formula is C15H19F3O2. The molecule has 0 amide bonds. The van der Waals surface area contributed by atoms with E-state index in [-0.39, 0.29) is 6.10 Å². The molecule has 0 aromatic heterocycles. The fourth-order valence-corrected chi connectivity index (χ4v) is 2.47. The molecule has 1 fully saturated rings. The first kappa shape index (κ1) is 15.3. The summed E-state index contributed by atoms with van der Waals surface area (Å²) in [6, 6.07) is 4.72. The minimum Gasteiger partial charge on any atom is -0.388 e. The Hall–Kier alpha value is -1.07. The number of rotatable bonds is 5. The highest BCUT2D eigenvalue weighted by atomic mass is 19.4. The van der Waals surface area contributed by atoms with Gasteiger partial charge in [0.2, 0.25) is 0 Å². The van der Waals surface area contributed by atoms with E-state index in [4.69, 9.17) is 4.74 Å². The van der Waals surface area contributed by atoms with Gasteiger partial charge in [-0.05, 0) is 49.8 Å². The van der Waals surface area contributed by atoms with Crippen LogP contribution in [0.3, 0.4) is 0 Å². The smallest absolute Gasteiger partial charge is 0.388 e. The molecular weight excluding hydrogens is 269 g/mol. The number of aliphatic hydroxyl groups is 1. The van der Waals surface area contributed by atoms with Crippen LogP contribution in [0, 0.1) is 0 Å². The van der Waals surface area contributed by atoms with E-state index in [2.05, 4.69) is 0 Å². The predicted octanol–water partition coefficient (Wildman–Crippen LogP) is 4.09. The average Bonchev–Trinajstić information content (AvgIpc) is 2.91. The Labute approximate surface area is 116 Å². The molecule has 0 aliphatic carbocycles. The first-order chi connectivity index (χ1) is 9.47. The second-order valence-corrected chi connectivity index (χ2v) is 5.20. The molecule has 1 N–H and O–H groups in total. The Bertz CT molecular complexity index is 408. The van der Waals surface area contributed by atoms with E-state index >= 15 is 0 Å². The number of alkyl halides is 3. The number of ether oxygens (including phenoxy) is 1. The Balaban J connectivity index is 1.81. The molecule has 0 radical (unpaired) electrons. The fraction of sp³-hybridized carbons (Fsp3) is 0.600. The molecule has 1 aliphatic heterocycles. The zero-order chi connectivity index (χ0) is 14.6. The van der Waals surface area contributed by atoms with Crippen LogP contribution >= 0.6 is 0 Å². The Morgan fingerprint density at radius 3 is 2.50 bits per heavy atom. The van der Waals surface area contributed by atoms with Gasteiger partial charge in [0.15, 0.2) is 0 Å². The molecule has 0 bridgehead atoms. The monoisotopic (exact) mass is 288 g/mol. The van der Waals surface area contributed by atoms with Crippen LogP contribution in [-0.4, -0.2) is 17.8 Å². The largest absolute Gasteiger partial charge is 0.416 e. The molecule has 2 unspecified atom stereocenters. The second kappa shape index (κ2) is 6.59. The minimum atomic E-state index is -4.33. The molecule has 112 valence electrons. The summed E-state index contributed by atoms with van der Waals surface area (Å²) >= 11 is 0. The highest BCUT2D eigenvalue weighted by molar-refractivity contribution is 5.25. The first-order valence-electron chi connectivity index (χ1n) is 6.93. The van der Waals surface area contributed by atoms with Crippen molar-refractivity contribution in [2.24, 2.45) is 0 Å². The third-order valence-electron chi connectivity index (χ3n) is 3.65. The first-order valence-corrected chi connectivity index (χ1v) is 6.93. The molecule has 2 atom stereocenters. The van der Waals surface area contributed by atoms with Gasteiger partial charge in [-0.2, -0.15) is 13.2 Å². The molecule has 1 aromatic rings. The summed E-state index contributed by atoms with van der Waals surface area (Å²) in [6.07, 6.45) is -0.338. The Kier molecular flexibility index (Phi) is 5.05. The van der Waals surface area contributed by atoms with Gasteiger partial charge in [0.25, 0.3) is 0 Å². The number of hydrogen-bond acceptors (Lipinski definition) is 2. The fourth-order valence-electron chi connectivity index (χ4n) is 2.47. The normalized spacial score (nSPS) is 21.1. The molecule has 1 heterocycles. The maximum Gasteiger partial charge on any atom is 0.416 e. The van der Waals surface area contributed by atoms with Crippen molar-refractivity contribution in [1.29, 1.82) is 0 Å². The van der Waals surface area contributed by atoms with Crippen molar-refractivity contribution in [3.05, 3.63) is 35.4 Å². The van der Waals surface area contributed by atoms with Gasteiger partial charge in [0.05, 0.1) is 17.8 Å². The number of benzene rings is 1. The quantitative estimate of drug-likeness (QED) is 0.884. The van der Waals surface area contributed by atoms with Crippen LogP contribution in [-0.2, 0) is 10.9 Å². The van der Waals surface area contributed by atoms with Gasteiger partial charge in [0, 0.05) is 6.61 Å². The van der Waals surface area contributed by atoms with Crippen LogP contribution in [0.1, 0.15) is 49.3 Å². The van der Waals surface area contributed by atoms with Crippen molar-refractivity contribution < 1.29 is 23.0 Å². The van der Waals surface area contributed by atoms with E-state index in [0.717, 1.165) is 44.4 Å². The predicted molar refractivity (Wildman–Crippen MR) is 69.2 cm³/mol. The van der Waals surface area contributed by atoms with Crippen LogP contribution in [0.25, 0.3) is 0 Å². The number of hydrogen-bond donors (Lipinski definition) is 1. The van der Waals surface area contributed by atoms with Crippen LogP contribution in [0.4, 0.5) is 13.2 Å². The highest BCUT2D eigenvalue weighted by Gasteiger charge is 2.30. The summed E-state index contributed by atoms with van der Waals surface area (Å²) in [5, 5.41) is 9.97. The third-order valence-corrected chi connectivity index (χ3v) is 3.65. The molecule has 2 nitrogen and oxygen atoms in total. The van der Waals surface area contributed by atoms with Gasteiger partial charge >= 0.3 is 6.18 Å². The van der Waals surface area contributed by atoms with Gasteiger partial charge in [-0.1, -0.05) is 12.1 Å². The molecule has 1 aliphatic rings. The Morgan fingerprint density at radius 1 is 1.25 bits per heavy atom. The summed E-state index contributed by atoms with van der Waals surface area (Å²) in [4.78, 5) is 0. The molecule has 1 aromatic carbocycles. The number of aliphatic hydroxyl groups excluding tert-OH is 1. The molecule has 2 rings (SSSR count).